The Hall–Kier alpha value is -2.71. The number of carbonyl (C=O) groups excluding carboxylic acids is 2. The number of esters is 1. The molecule has 7 nitrogen and oxygen atoms in total. The van der Waals surface area contributed by atoms with E-state index in [0.29, 0.717) is 0 Å². The molecule has 0 fully saturated rings. The van der Waals surface area contributed by atoms with Crippen molar-refractivity contribution in [3.8, 4) is 0 Å². The summed E-state index contributed by atoms with van der Waals surface area (Å²) >= 11 is 0. The molecule has 0 saturated carbocycles. The average Bonchev–Trinajstić information content (AvgIpc) is 2.61. The molecule has 1 amide bonds. The Labute approximate surface area is 158 Å². The van der Waals surface area contributed by atoms with Crippen LogP contribution >= 0.6 is 0 Å². The van der Waals surface area contributed by atoms with Crippen molar-refractivity contribution in [2.75, 3.05) is 5.32 Å². The van der Waals surface area contributed by atoms with Crippen molar-refractivity contribution < 1.29 is 22.7 Å². The molecule has 0 radical (unpaired) electrons. The maximum atomic E-state index is 12.2. The number of primary sulfonamides is 1. The van der Waals surface area contributed by atoms with Gasteiger partial charge < -0.3 is 10.1 Å². The number of amides is 1. The van der Waals surface area contributed by atoms with Crippen LogP contribution in [0.15, 0.2) is 59.5 Å². The fourth-order valence-corrected chi connectivity index (χ4v) is 3.00. The summed E-state index contributed by atoms with van der Waals surface area (Å²) in [6, 6.07) is 15.0. The van der Waals surface area contributed by atoms with E-state index in [1.807, 2.05) is 37.3 Å². The van der Waals surface area contributed by atoms with E-state index in [2.05, 4.69) is 5.32 Å². The summed E-state index contributed by atoms with van der Waals surface area (Å²) in [6.07, 6.45) is -0.888. The van der Waals surface area contributed by atoms with E-state index >= 15 is 0 Å². The van der Waals surface area contributed by atoms with Crippen molar-refractivity contribution in [1.82, 2.24) is 0 Å². The lowest BCUT2D eigenvalue weighted by atomic mass is 9.98. The summed E-state index contributed by atoms with van der Waals surface area (Å²) in [4.78, 5) is 24.2. The van der Waals surface area contributed by atoms with Crippen molar-refractivity contribution in [3.05, 3.63) is 60.2 Å². The minimum Gasteiger partial charge on any atom is -0.453 e. The first-order valence-corrected chi connectivity index (χ1v) is 9.89. The molecule has 2 aromatic carbocycles. The molecule has 0 unspecified atom stereocenters. The molecular formula is C19H22N2O5S. The van der Waals surface area contributed by atoms with Gasteiger partial charge in [0.05, 0.1) is 11.3 Å². The smallest absolute Gasteiger partial charge is 0.307 e. The van der Waals surface area contributed by atoms with Crippen LogP contribution in [0, 0.1) is 0 Å². The van der Waals surface area contributed by atoms with Gasteiger partial charge in [0.2, 0.25) is 10.0 Å². The van der Waals surface area contributed by atoms with Crippen LogP contribution in [-0.2, 0) is 24.3 Å². The maximum Gasteiger partial charge on any atom is 0.307 e. The summed E-state index contributed by atoms with van der Waals surface area (Å²) < 4.78 is 27.9. The van der Waals surface area contributed by atoms with E-state index in [9.17, 15) is 18.0 Å². The van der Waals surface area contributed by atoms with Crippen LogP contribution in [0.4, 0.5) is 5.69 Å². The largest absolute Gasteiger partial charge is 0.453 e. The quantitative estimate of drug-likeness (QED) is 0.704. The van der Waals surface area contributed by atoms with Gasteiger partial charge in [0, 0.05) is 5.69 Å². The van der Waals surface area contributed by atoms with Crippen LogP contribution in [0.1, 0.15) is 31.7 Å². The molecule has 2 rings (SSSR count). The Kier molecular flexibility index (Phi) is 6.70. The fourth-order valence-electron chi connectivity index (χ4n) is 2.44. The highest BCUT2D eigenvalue weighted by Gasteiger charge is 2.20. The zero-order chi connectivity index (χ0) is 20.0. The monoisotopic (exact) mass is 390 g/mol. The van der Waals surface area contributed by atoms with Gasteiger partial charge in [-0.3, -0.25) is 9.59 Å². The highest BCUT2D eigenvalue weighted by atomic mass is 32.2. The zero-order valence-corrected chi connectivity index (χ0v) is 15.9. The van der Waals surface area contributed by atoms with Gasteiger partial charge in [-0.05, 0) is 36.6 Å². The molecule has 144 valence electrons. The molecule has 3 N–H and O–H groups in total. The number of nitrogens with two attached hydrogens (primary N) is 1. The van der Waals surface area contributed by atoms with Crippen molar-refractivity contribution in [3.63, 3.8) is 0 Å². The molecule has 0 aliphatic rings. The van der Waals surface area contributed by atoms with Crippen molar-refractivity contribution in [2.45, 2.75) is 37.2 Å². The summed E-state index contributed by atoms with van der Waals surface area (Å²) in [5.74, 6) is -1.10. The molecule has 0 aliphatic heterocycles. The molecule has 0 aromatic heterocycles. The molecule has 27 heavy (non-hydrogen) atoms. The lowest BCUT2D eigenvalue weighted by Crippen LogP contribution is -2.30. The van der Waals surface area contributed by atoms with E-state index in [0.717, 1.165) is 5.56 Å². The number of hydrogen-bond acceptors (Lipinski definition) is 5. The summed E-state index contributed by atoms with van der Waals surface area (Å²) in [5, 5.41) is 7.58. The third kappa shape index (κ3) is 6.19. The molecule has 2 aromatic rings. The van der Waals surface area contributed by atoms with E-state index in [4.69, 9.17) is 9.88 Å². The third-order valence-corrected chi connectivity index (χ3v) is 4.86. The Morgan fingerprint density at radius 3 is 2.37 bits per heavy atom. The first-order chi connectivity index (χ1) is 12.7. The predicted molar refractivity (Wildman–Crippen MR) is 101 cm³/mol. The van der Waals surface area contributed by atoms with Crippen LogP contribution in [0.3, 0.4) is 0 Å². The van der Waals surface area contributed by atoms with Crippen LogP contribution in [0.25, 0.3) is 0 Å². The second-order valence-electron chi connectivity index (χ2n) is 6.21. The second kappa shape index (κ2) is 8.79. The molecule has 0 saturated heterocycles. The third-order valence-electron chi connectivity index (χ3n) is 3.95. The van der Waals surface area contributed by atoms with Gasteiger partial charge in [-0.25, -0.2) is 13.6 Å². The molecule has 0 aliphatic carbocycles. The van der Waals surface area contributed by atoms with Crippen LogP contribution in [-0.4, -0.2) is 26.4 Å². The number of rotatable bonds is 7. The molecular weight excluding hydrogens is 368 g/mol. The first-order valence-electron chi connectivity index (χ1n) is 8.35. The SMILES string of the molecule is C[C@H](OC(=O)C[C@H](C)c1ccccc1)C(=O)Nc1cccc(S(N)(=O)=O)c1. The predicted octanol–water partition coefficient (Wildman–Crippen LogP) is 2.40. The number of ether oxygens (including phenoxy) is 1. The molecule has 0 heterocycles. The highest BCUT2D eigenvalue weighted by Crippen LogP contribution is 2.19. The molecule has 8 heteroatoms. The van der Waals surface area contributed by atoms with E-state index < -0.39 is 28.0 Å². The summed E-state index contributed by atoms with van der Waals surface area (Å²) in [7, 11) is -3.88. The number of sulfonamides is 1. The van der Waals surface area contributed by atoms with Crippen LogP contribution in [0.5, 0.6) is 0 Å². The van der Waals surface area contributed by atoms with Gasteiger partial charge in [0.15, 0.2) is 6.10 Å². The minimum absolute atomic E-state index is 0.0413. The number of hydrogen-bond donors (Lipinski definition) is 2. The molecule has 0 spiro atoms. The van der Waals surface area contributed by atoms with Crippen molar-refractivity contribution in [2.24, 2.45) is 5.14 Å². The number of benzene rings is 2. The highest BCUT2D eigenvalue weighted by molar-refractivity contribution is 7.89. The number of carbonyl (C=O) groups is 2. The van der Waals surface area contributed by atoms with E-state index in [1.54, 1.807) is 0 Å². The normalized spacial score (nSPS) is 13.4. The van der Waals surface area contributed by atoms with E-state index in [-0.39, 0.29) is 22.9 Å². The average molecular weight is 390 g/mol. The van der Waals surface area contributed by atoms with Crippen LogP contribution in [0.2, 0.25) is 0 Å². The Balaban J connectivity index is 1.92. The maximum absolute atomic E-state index is 12.2. The Morgan fingerprint density at radius 2 is 1.74 bits per heavy atom. The Bertz CT molecular complexity index is 913. The van der Waals surface area contributed by atoms with Crippen LogP contribution < -0.4 is 10.5 Å². The van der Waals surface area contributed by atoms with Gasteiger partial charge in [-0.2, -0.15) is 0 Å². The molecule has 2 atom stereocenters. The number of nitrogens with one attached hydrogen (secondary N) is 1. The fraction of sp³-hybridized carbons (Fsp3) is 0.263. The zero-order valence-electron chi connectivity index (χ0n) is 15.1. The van der Waals surface area contributed by atoms with Gasteiger partial charge >= 0.3 is 5.97 Å². The summed E-state index contributed by atoms with van der Waals surface area (Å²) in [5.41, 5.74) is 1.25. The van der Waals surface area contributed by atoms with Gasteiger partial charge in [0.25, 0.3) is 5.91 Å². The Morgan fingerprint density at radius 1 is 1.07 bits per heavy atom. The molecule has 0 bridgehead atoms. The van der Waals surface area contributed by atoms with Gasteiger partial charge in [-0.1, -0.05) is 43.3 Å². The van der Waals surface area contributed by atoms with Crippen molar-refractivity contribution >= 4 is 27.6 Å². The second-order valence-corrected chi connectivity index (χ2v) is 7.77. The minimum atomic E-state index is -3.88. The lowest BCUT2D eigenvalue weighted by molar-refractivity contribution is -0.153. The first kappa shape index (κ1) is 20.6. The summed E-state index contributed by atoms with van der Waals surface area (Å²) in [6.45, 7) is 3.35. The topological polar surface area (TPSA) is 116 Å². The van der Waals surface area contributed by atoms with Gasteiger partial charge in [-0.15, -0.1) is 0 Å². The number of anilines is 1. The lowest BCUT2D eigenvalue weighted by Gasteiger charge is -2.16. The standard InChI is InChI=1S/C19H22N2O5S/c1-13(15-7-4-3-5-8-15)11-18(22)26-14(2)19(23)21-16-9-6-10-17(12-16)27(20,24)25/h3-10,12-14H,11H2,1-2H3,(H,21,23)(H2,20,24,25)/t13-,14-/m0/s1. The van der Waals surface area contributed by atoms with Gasteiger partial charge in [0.1, 0.15) is 0 Å². The van der Waals surface area contributed by atoms with E-state index in [1.165, 1.54) is 31.2 Å². The van der Waals surface area contributed by atoms with Crippen molar-refractivity contribution in [1.29, 1.82) is 0 Å².